The molecule has 9 atom stereocenters. The molecule has 0 radical (unpaired) electrons. The van der Waals surface area contributed by atoms with E-state index in [0.29, 0.717) is 18.3 Å². The predicted molar refractivity (Wildman–Crippen MR) is 188 cm³/mol. The minimum absolute atomic E-state index is 0.0117. The highest BCUT2D eigenvalue weighted by atomic mass is 16.6. The highest BCUT2D eigenvalue weighted by Crippen LogP contribution is 2.75. The van der Waals surface area contributed by atoms with Crippen LogP contribution in [0.5, 0.6) is 0 Å². The predicted octanol–water partition coefficient (Wildman–Crippen LogP) is 7.94. The first-order valence-electron chi connectivity index (χ1n) is 18.8. The molecule has 9 nitrogen and oxygen atoms in total. The Morgan fingerprint density at radius 2 is 1.59 bits per heavy atom. The molecule has 5 aliphatic rings. The summed E-state index contributed by atoms with van der Waals surface area (Å²) in [5.41, 5.74) is 5.22. The summed E-state index contributed by atoms with van der Waals surface area (Å²) in [6.07, 6.45) is 10.3. The molecule has 0 spiro atoms. The highest BCUT2D eigenvalue weighted by Gasteiger charge is 2.69. The van der Waals surface area contributed by atoms with E-state index in [1.54, 1.807) is 20.8 Å². The fourth-order valence-corrected chi connectivity index (χ4v) is 12.0. The van der Waals surface area contributed by atoms with Crippen molar-refractivity contribution < 1.29 is 33.8 Å². The molecule has 49 heavy (non-hydrogen) atoms. The van der Waals surface area contributed by atoms with E-state index in [4.69, 9.17) is 15.2 Å². The number of nitrogens with two attached hydrogens (primary N) is 1. The topological polar surface area (TPSA) is 145 Å². The third-order valence-electron chi connectivity index (χ3n) is 14.9. The molecule has 4 N–H and O–H groups in total. The van der Waals surface area contributed by atoms with Gasteiger partial charge in [0.15, 0.2) is 0 Å². The quantitative estimate of drug-likeness (QED) is 0.182. The van der Waals surface area contributed by atoms with Gasteiger partial charge in [-0.2, -0.15) is 0 Å². The molecular weight excluding hydrogens is 620 g/mol. The summed E-state index contributed by atoms with van der Waals surface area (Å²) in [6.45, 7) is 21.8. The minimum Gasteiger partial charge on any atom is -0.481 e. The summed E-state index contributed by atoms with van der Waals surface area (Å²) in [7, 11) is 0. The van der Waals surface area contributed by atoms with Crippen LogP contribution in [-0.2, 0) is 23.9 Å². The zero-order valence-electron chi connectivity index (χ0n) is 31.9. The zero-order valence-corrected chi connectivity index (χ0v) is 31.9. The molecule has 5 rings (SSSR count). The van der Waals surface area contributed by atoms with E-state index in [9.17, 15) is 24.3 Å². The SMILES string of the molecule is CC1(C)CC[C@]2(C(=O)O)CC[C@]3(C)C(=CC[C@@H]4[C@@]5(C)CC[C@H](OC(=O)[C@H](CCC(N)=O)NC(=O)OC(C)(C)C)C(C)(C)[C@@H]5CC[C@]43C)[C@@H]2C1. The number of aliphatic carboxylic acids is 1. The number of carboxylic acid groups (broad SMARTS) is 1. The number of amides is 2. The number of carbonyl (C=O) groups excluding carboxylic acids is 3. The molecule has 0 aromatic carbocycles. The van der Waals surface area contributed by atoms with Gasteiger partial charge in [-0.3, -0.25) is 9.59 Å². The summed E-state index contributed by atoms with van der Waals surface area (Å²) in [6, 6.07) is -1.04. The van der Waals surface area contributed by atoms with Crippen molar-refractivity contribution in [3.63, 3.8) is 0 Å². The maximum atomic E-state index is 13.7. The molecule has 0 aliphatic heterocycles. The monoisotopic (exact) mass is 684 g/mol. The second-order valence-electron chi connectivity index (χ2n) is 19.7. The van der Waals surface area contributed by atoms with E-state index in [1.165, 1.54) is 5.57 Å². The van der Waals surface area contributed by atoms with E-state index in [2.05, 4.69) is 59.9 Å². The van der Waals surface area contributed by atoms with Gasteiger partial charge in [0.1, 0.15) is 17.7 Å². The van der Waals surface area contributed by atoms with Crippen molar-refractivity contribution >= 4 is 23.9 Å². The zero-order chi connectivity index (χ0) is 36.6. The lowest BCUT2D eigenvalue weighted by atomic mass is 9.33. The third kappa shape index (κ3) is 6.32. The lowest BCUT2D eigenvalue weighted by molar-refractivity contribution is -0.214. The molecule has 5 aliphatic carbocycles. The molecule has 0 saturated heterocycles. The number of rotatable bonds is 7. The van der Waals surface area contributed by atoms with Crippen molar-refractivity contribution in [1.82, 2.24) is 5.32 Å². The van der Waals surface area contributed by atoms with Crippen LogP contribution in [0.1, 0.15) is 146 Å². The average Bonchev–Trinajstić information content (AvgIpc) is 2.95. The number of ether oxygens (including phenoxy) is 2. The van der Waals surface area contributed by atoms with Gasteiger partial charge in [-0.05, 0) is 131 Å². The molecule has 4 fully saturated rings. The van der Waals surface area contributed by atoms with Crippen LogP contribution in [0.4, 0.5) is 4.79 Å². The largest absolute Gasteiger partial charge is 0.481 e. The van der Waals surface area contributed by atoms with E-state index in [0.717, 1.165) is 57.8 Å². The maximum absolute atomic E-state index is 13.7. The van der Waals surface area contributed by atoms with Crippen LogP contribution in [0.3, 0.4) is 0 Å². The Kier molecular flexibility index (Phi) is 9.44. The van der Waals surface area contributed by atoms with Crippen LogP contribution in [0.15, 0.2) is 11.6 Å². The van der Waals surface area contributed by atoms with Crippen molar-refractivity contribution in [1.29, 1.82) is 0 Å². The van der Waals surface area contributed by atoms with Crippen LogP contribution in [0, 0.1) is 50.2 Å². The van der Waals surface area contributed by atoms with Crippen LogP contribution in [0.25, 0.3) is 0 Å². The van der Waals surface area contributed by atoms with Gasteiger partial charge in [0.05, 0.1) is 5.41 Å². The average molecular weight is 685 g/mol. The lowest BCUT2D eigenvalue weighted by Gasteiger charge is -2.71. The summed E-state index contributed by atoms with van der Waals surface area (Å²) < 4.78 is 11.7. The summed E-state index contributed by atoms with van der Waals surface area (Å²) in [5.74, 6) is -0.909. The lowest BCUT2D eigenvalue weighted by Crippen LogP contribution is -2.65. The maximum Gasteiger partial charge on any atom is 0.408 e. The third-order valence-corrected chi connectivity index (χ3v) is 14.9. The first kappa shape index (κ1) is 37.7. The first-order chi connectivity index (χ1) is 22.4. The number of fused-ring (bicyclic) bond motifs is 7. The second kappa shape index (κ2) is 12.3. The van der Waals surface area contributed by atoms with Crippen LogP contribution < -0.4 is 11.1 Å². The second-order valence-corrected chi connectivity index (χ2v) is 19.7. The number of esters is 1. The van der Waals surface area contributed by atoms with Gasteiger partial charge < -0.3 is 25.6 Å². The van der Waals surface area contributed by atoms with Gasteiger partial charge in [-0.25, -0.2) is 9.59 Å². The Labute approximate surface area is 294 Å². The Bertz CT molecular complexity index is 1390. The molecule has 0 heterocycles. The number of hydrogen-bond acceptors (Lipinski definition) is 6. The molecule has 9 heteroatoms. The fourth-order valence-electron chi connectivity index (χ4n) is 12.0. The Balaban J connectivity index is 1.39. The van der Waals surface area contributed by atoms with Gasteiger partial charge in [-0.15, -0.1) is 0 Å². The van der Waals surface area contributed by atoms with E-state index < -0.39 is 41.0 Å². The van der Waals surface area contributed by atoms with E-state index >= 15 is 0 Å². The number of allylic oxidation sites excluding steroid dienone is 2. The normalized spacial score (nSPS) is 39.8. The van der Waals surface area contributed by atoms with Gasteiger partial charge in [0.25, 0.3) is 0 Å². The summed E-state index contributed by atoms with van der Waals surface area (Å²) in [4.78, 5) is 50.9. The molecule has 0 aromatic heterocycles. The van der Waals surface area contributed by atoms with Crippen molar-refractivity contribution in [2.45, 2.75) is 164 Å². The molecule has 0 bridgehead atoms. The van der Waals surface area contributed by atoms with Crippen molar-refractivity contribution in [2.75, 3.05) is 0 Å². The van der Waals surface area contributed by atoms with Crippen molar-refractivity contribution in [3.05, 3.63) is 11.6 Å². The number of nitrogens with one attached hydrogen (secondary N) is 1. The molecule has 276 valence electrons. The number of carboxylic acids is 1. The van der Waals surface area contributed by atoms with Crippen molar-refractivity contribution in [3.8, 4) is 0 Å². The first-order valence-corrected chi connectivity index (χ1v) is 18.8. The summed E-state index contributed by atoms with van der Waals surface area (Å²) in [5, 5.41) is 13.3. The van der Waals surface area contributed by atoms with Crippen molar-refractivity contribution in [2.24, 2.45) is 56.0 Å². The molecule has 0 aromatic rings. The molecule has 0 unspecified atom stereocenters. The molecular formula is C40H64N2O7. The highest BCUT2D eigenvalue weighted by molar-refractivity contribution is 5.83. The van der Waals surface area contributed by atoms with Gasteiger partial charge in [0.2, 0.25) is 5.91 Å². The van der Waals surface area contributed by atoms with E-state index in [1.807, 2.05) is 0 Å². The minimum atomic E-state index is -1.04. The van der Waals surface area contributed by atoms with Gasteiger partial charge in [-0.1, -0.05) is 60.1 Å². The number of alkyl carbamates (subject to hydrolysis) is 1. The summed E-state index contributed by atoms with van der Waals surface area (Å²) >= 11 is 0. The Hall–Kier alpha value is -2.58. The Morgan fingerprint density at radius 1 is 0.939 bits per heavy atom. The number of hydrogen-bond donors (Lipinski definition) is 3. The van der Waals surface area contributed by atoms with Gasteiger partial charge in [0, 0.05) is 11.8 Å². The fraction of sp³-hybridized carbons (Fsp3) is 0.850. The smallest absolute Gasteiger partial charge is 0.408 e. The molecule has 4 saturated carbocycles. The van der Waals surface area contributed by atoms with Crippen LogP contribution >= 0.6 is 0 Å². The number of carbonyl (C=O) groups is 4. The molecule has 2 amide bonds. The van der Waals surface area contributed by atoms with Crippen LogP contribution in [0.2, 0.25) is 0 Å². The Morgan fingerprint density at radius 3 is 2.20 bits per heavy atom. The van der Waals surface area contributed by atoms with Crippen LogP contribution in [-0.4, -0.2) is 46.8 Å². The van der Waals surface area contributed by atoms with E-state index in [-0.39, 0.29) is 51.9 Å². The number of primary amides is 1. The standard InChI is InChI=1S/C40H64N2O7/c1-34(2,3)49-33(47)42-26(12-14-30(41)43)31(44)48-29-16-17-37(8)27(36(29,6)7)15-18-39(10)28(37)13-11-24-25-23-35(4,5)19-21-40(25,32(45)46)22-20-38(24,39)9/h11,25-29H,12-23H2,1-10H3,(H2,41,43)(H,42,47)(H,45,46)/t25-,26-,27-,28+,29-,37-,38+,39+,40-/m0/s1. The van der Waals surface area contributed by atoms with Gasteiger partial charge >= 0.3 is 18.0 Å².